The van der Waals surface area contributed by atoms with Gasteiger partial charge in [0.1, 0.15) is 23.7 Å². The van der Waals surface area contributed by atoms with Gasteiger partial charge in [-0.25, -0.2) is 18.9 Å². The van der Waals surface area contributed by atoms with Gasteiger partial charge in [0.15, 0.2) is 5.82 Å². The summed E-state index contributed by atoms with van der Waals surface area (Å²) in [6.07, 6.45) is 1.26. The van der Waals surface area contributed by atoms with Crippen LogP contribution in [0.25, 0.3) is 11.5 Å². The number of hydrogen-bond donors (Lipinski definition) is 1. The van der Waals surface area contributed by atoms with E-state index in [0.29, 0.717) is 23.6 Å². The van der Waals surface area contributed by atoms with Gasteiger partial charge in [-0.3, -0.25) is 0 Å². The van der Waals surface area contributed by atoms with Crippen LogP contribution in [0.15, 0.2) is 30.2 Å². The Labute approximate surface area is 150 Å². The first kappa shape index (κ1) is 19.3. The predicted molar refractivity (Wildman–Crippen MR) is 91.0 cm³/mol. The van der Waals surface area contributed by atoms with Crippen molar-refractivity contribution >= 4 is 6.09 Å². The number of halogens is 1. The normalized spacial score (nSPS) is 12.0. The van der Waals surface area contributed by atoms with E-state index in [2.05, 4.69) is 25.8 Å². The van der Waals surface area contributed by atoms with Gasteiger partial charge in [-0.2, -0.15) is 0 Å². The molecule has 0 aromatic carbocycles. The summed E-state index contributed by atoms with van der Waals surface area (Å²) in [5.74, 6) is 0.961. The number of nitrogens with one attached hydrogen (secondary N) is 1. The van der Waals surface area contributed by atoms with E-state index in [9.17, 15) is 9.18 Å². The maximum atomic E-state index is 13.0. The second-order valence-electron chi connectivity index (χ2n) is 6.42. The molecule has 10 heteroatoms. The number of aromatic nitrogens is 5. The fourth-order valence-electron chi connectivity index (χ4n) is 1.84. The van der Waals surface area contributed by atoms with Gasteiger partial charge in [0.2, 0.25) is 0 Å². The molecule has 0 saturated carbocycles. The Kier molecular flexibility index (Phi) is 6.21. The Hall–Kier alpha value is -3.04. The fraction of sp³-hybridized carbons (Fsp3) is 0.438. The van der Waals surface area contributed by atoms with Crippen molar-refractivity contribution in [3.8, 4) is 17.3 Å². The van der Waals surface area contributed by atoms with Crippen LogP contribution in [-0.4, -0.2) is 50.0 Å². The number of nitrogens with zero attached hydrogens (tertiary/aromatic N) is 5. The quantitative estimate of drug-likeness (QED) is 0.836. The van der Waals surface area contributed by atoms with E-state index in [1.165, 1.54) is 10.9 Å². The number of carbonyl (C=O) groups excluding carboxylic acids is 1. The smallest absolute Gasteiger partial charge is 0.407 e. The van der Waals surface area contributed by atoms with Crippen LogP contribution in [0.3, 0.4) is 0 Å². The third-order valence-electron chi connectivity index (χ3n) is 3.02. The van der Waals surface area contributed by atoms with Crippen molar-refractivity contribution in [1.29, 1.82) is 0 Å². The minimum atomic E-state index is -0.625. The van der Waals surface area contributed by atoms with E-state index in [0.717, 1.165) is 0 Å². The molecule has 0 saturated heterocycles. The molecule has 0 atom stereocenters. The lowest BCUT2D eigenvalue weighted by molar-refractivity contribution is 0.0531. The molecule has 0 bridgehead atoms. The lowest BCUT2D eigenvalue weighted by Crippen LogP contribution is -2.34. The molecule has 2 heterocycles. The van der Waals surface area contributed by atoms with E-state index >= 15 is 0 Å². The summed E-state index contributed by atoms with van der Waals surface area (Å²) in [4.78, 5) is 15.8. The van der Waals surface area contributed by atoms with Crippen molar-refractivity contribution in [2.75, 3.05) is 13.2 Å². The van der Waals surface area contributed by atoms with E-state index in [1.54, 1.807) is 40.0 Å². The van der Waals surface area contributed by atoms with Crippen molar-refractivity contribution in [2.24, 2.45) is 7.05 Å². The van der Waals surface area contributed by atoms with Crippen molar-refractivity contribution in [2.45, 2.75) is 26.4 Å². The highest BCUT2D eigenvalue weighted by Gasteiger charge is 2.16. The van der Waals surface area contributed by atoms with Crippen LogP contribution in [0.5, 0.6) is 5.75 Å². The van der Waals surface area contributed by atoms with Gasteiger partial charge in [0, 0.05) is 19.2 Å². The van der Waals surface area contributed by atoms with Crippen LogP contribution in [-0.2, 0) is 11.8 Å². The average Bonchev–Trinajstić information content (AvgIpc) is 3.00. The Morgan fingerprint density at radius 1 is 1.38 bits per heavy atom. The van der Waals surface area contributed by atoms with Crippen molar-refractivity contribution < 1.29 is 18.7 Å². The number of rotatable bonds is 6. The zero-order valence-corrected chi connectivity index (χ0v) is 15.1. The molecule has 1 N–H and O–H groups in total. The SMILES string of the molecule is Cn1nnnc1-c1ccc(OC/C(=C\F)CNC(=O)OC(C)(C)C)cn1. The molecule has 0 fully saturated rings. The molecule has 0 radical (unpaired) electrons. The first-order valence-electron chi connectivity index (χ1n) is 7.85. The van der Waals surface area contributed by atoms with E-state index in [-0.39, 0.29) is 18.7 Å². The van der Waals surface area contributed by atoms with Crippen molar-refractivity contribution in [3.05, 3.63) is 30.2 Å². The zero-order valence-electron chi connectivity index (χ0n) is 15.1. The number of ether oxygens (including phenoxy) is 2. The van der Waals surface area contributed by atoms with Gasteiger partial charge in [-0.05, 0) is 43.3 Å². The molecule has 2 rings (SSSR count). The van der Waals surface area contributed by atoms with Crippen molar-refractivity contribution in [1.82, 2.24) is 30.5 Å². The predicted octanol–water partition coefficient (Wildman–Crippen LogP) is 2.03. The molecule has 0 aliphatic carbocycles. The molecule has 0 aliphatic heterocycles. The fourth-order valence-corrected chi connectivity index (χ4v) is 1.84. The lowest BCUT2D eigenvalue weighted by atomic mass is 10.2. The van der Waals surface area contributed by atoms with Crippen LogP contribution in [0.4, 0.5) is 9.18 Å². The summed E-state index contributed by atoms with van der Waals surface area (Å²) in [5, 5.41) is 13.6. The lowest BCUT2D eigenvalue weighted by Gasteiger charge is -2.20. The molecular weight excluding hydrogens is 343 g/mol. The van der Waals surface area contributed by atoms with E-state index in [4.69, 9.17) is 9.47 Å². The van der Waals surface area contributed by atoms with Gasteiger partial charge in [0.05, 0.1) is 12.5 Å². The molecule has 2 aromatic heterocycles. The maximum Gasteiger partial charge on any atom is 0.407 e. The zero-order chi connectivity index (χ0) is 19.2. The first-order valence-corrected chi connectivity index (χ1v) is 7.85. The van der Waals surface area contributed by atoms with E-state index in [1.807, 2.05) is 0 Å². The first-order chi connectivity index (χ1) is 12.3. The number of aryl methyl sites for hydroxylation is 1. The molecular formula is C16H21FN6O3. The largest absolute Gasteiger partial charge is 0.487 e. The third kappa shape index (κ3) is 5.80. The highest BCUT2D eigenvalue weighted by Crippen LogP contribution is 2.16. The third-order valence-corrected chi connectivity index (χ3v) is 3.02. The number of alkyl carbamates (subject to hydrolysis) is 1. The Bertz CT molecular complexity index is 767. The van der Waals surface area contributed by atoms with Crippen molar-refractivity contribution in [3.63, 3.8) is 0 Å². The standard InChI is InChI=1S/C16H21FN6O3/c1-16(2,3)26-15(24)19-8-11(7-17)10-25-12-5-6-13(18-9-12)14-20-21-22-23(14)4/h5-7,9H,8,10H2,1-4H3,(H,19,24)/b11-7-. The van der Waals surface area contributed by atoms with Gasteiger partial charge in [-0.1, -0.05) is 0 Å². The highest BCUT2D eigenvalue weighted by molar-refractivity contribution is 5.68. The molecule has 9 nitrogen and oxygen atoms in total. The molecule has 2 aromatic rings. The van der Waals surface area contributed by atoms with Gasteiger partial charge in [0.25, 0.3) is 0 Å². The molecule has 0 aliphatic rings. The molecule has 0 unspecified atom stereocenters. The Morgan fingerprint density at radius 3 is 2.69 bits per heavy atom. The number of carbonyl (C=O) groups is 1. The summed E-state index contributed by atoms with van der Waals surface area (Å²) in [7, 11) is 1.71. The van der Waals surface area contributed by atoms with E-state index < -0.39 is 11.7 Å². The second kappa shape index (κ2) is 8.37. The minimum absolute atomic E-state index is 0.0263. The van der Waals surface area contributed by atoms with Crippen LogP contribution in [0, 0.1) is 0 Å². The highest BCUT2D eigenvalue weighted by atomic mass is 19.1. The summed E-state index contributed by atoms with van der Waals surface area (Å²) in [6.45, 7) is 5.17. The summed E-state index contributed by atoms with van der Waals surface area (Å²) < 4.78 is 25.0. The summed E-state index contributed by atoms with van der Waals surface area (Å²) in [5.41, 5.74) is 0.210. The number of tetrazole rings is 1. The molecule has 0 spiro atoms. The summed E-state index contributed by atoms with van der Waals surface area (Å²) >= 11 is 0. The molecule has 1 amide bonds. The number of hydrogen-bond acceptors (Lipinski definition) is 7. The topological polar surface area (TPSA) is 104 Å². The molecule has 140 valence electrons. The number of pyridine rings is 1. The van der Waals surface area contributed by atoms with Crippen LogP contribution < -0.4 is 10.1 Å². The maximum absolute atomic E-state index is 13.0. The van der Waals surface area contributed by atoms with Crippen LogP contribution >= 0.6 is 0 Å². The Balaban J connectivity index is 1.85. The van der Waals surface area contributed by atoms with Crippen LogP contribution in [0.2, 0.25) is 0 Å². The van der Waals surface area contributed by atoms with Gasteiger partial charge < -0.3 is 14.8 Å². The number of amides is 1. The minimum Gasteiger partial charge on any atom is -0.487 e. The van der Waals surface area contributed by atoms with Gasteiger partial charge >= 0.3 is 6.09 Å². The second-order valence-corrected chi connectivity index (χ2v) is 6.42. The van der Waals surface area contributed by atoms with Gasteiger partial charge in [-0.15, -0.1) is 5.10 Å². The summed E-state index contributed by atoms with van der Waals surface area (Å²) in [6, 6.07) is 3.37. The molecule has 26 heavy (non-hydrogen) atoms. The Morgan fingerprint density at radius 2 is 2.15 bits per heavy atom. The van der Waals surface area contributed by atoms with Crippen LogP contribution in [0.1, 0.15) is 20.8 Å². The average molecular weight is 364 g/mol. The monoisotopic (exact) mass is 364 g/mol.